The van der Waals surface area contributed by atoms with E-state index < -0.39 is 0 Å². The van der Waals surface area contributed by atoms with Crippen molar-refractivity contribution in [3.63, 3.8) is 0 Å². The molecule has 1 aromatic rings. The average Bonchev–Trinajstić information content (AvgIpc) is 2.43. The first-order valence-corrected chi connectivity index (χ1v) is 7.43. The fourth-order valence-corrected chi connectivity index (χ4v) is 2.73. The molecule has 0 spiro atoms. The molecule has 20 heavy (non-hydrogen) atoms. The standard InChI is InChI=1S/C17H25NO2/c1-11-5-6-15(9-13(11)3)17(20)14(4)18-8-7-12(2)16(19)10-18/h5-6,9,12,14,16,19H,7-8,10H2,1-4H3. The molecule has 0 bridgehead atoms. The summed E-state index contributed by atoms with van der Waals surface area (Å²) in [5.74, 6) is 0.477. The zero-order valence-electron chi connectivity index (χ0n) is 12.9. The lowest BCUT2D eigenvalue weighted by atomic mass is 9.93. The van der Waals surface area contributed by atoms with Gasteiger partial charge in [0.15, 0.2) is 5.78 Å². The summed E-state index contributed by atoms with van der Waals surface area (Å²) in [4.78, 5) is 14.7. The molecule has 1 aliphatic heterocycles. The van der Waals surface area contributed by atoms with Crippen molar-refractivity contribution >= 4 is 5.78 Å². The Hall–Kier alpha value is -1.19. The van der Waals surface area contributed by atoms with Crippen molar-refractivity contribution in [3.8, 4) is 0 Å². The second-order valence-corrected chi connectivity index (χ2v) is 6.17. The van der Waals surface area contributed by atoms with E-state index >= 15 is 0 Å². The fraction of sp³-hybridized carbons (Fsp3) is 0.588. The number of aliphatic hydroxyl groups excluding tert-OH is 1. The lowest BCUT2D eigenvalue weighted by Gasteiger charge is -2.37. The van der Waals surface area contributed by atoms with Gasteiger partial charge < -0.3 is 5.11 Å². The molecule has 1 fully saturated rings. The summed E-state index contributed by atoms with van der Waals surface area (Å²) in [5, 5.41) is 9.98. The first-order valence-electron chi connectivity index (χ1n) is 7.43. The van der Waals surface area contributed by atoms with Crippen LogP contribution in [0.2, 0.25) is 0 Å². The number of hydrogen-bond donors (Lipinski definition) is 1. The fourth-order valence-electron chi connectivity index (χ4n) is 2.73. The molecule has 3 heteroatoms. The molecule has 0 radical (unpaired) electrons. The molecule has 1 saturated heterocycles. The van der Waals surface area contributed by atoms with E-state index in [1.165, 1.54) is 5.56 Å². The van der Waals surface area contributed by atoms with Crippen molar-refractivity contribution in [2.24, 2.45) is 5.92 Å². The number of β-amino-alcohol motifs (C(OH)–C–C–N with tert-alkyl or cyclic N) is 1. The van der Waals surface area contributed by atoms with Gasteiger partial charge in [-0.25, -0.2) is 0 Å². The molecule has 0 aromatic heterocycles. The molecule has 1 aromatic carbocycles. The topological polar surface area (TPSA) is 40.5 Å². The minimum absolute atomic E-state index is 0.148. The normalized spacial score (nSPS) is 25.4. The number of piperidine rings is 1. The van der Waals surface area contributed by atoms with Crippen LogP contribution < -0.4 is 0 Å². The highest BCUT2D eigenvalue weighted by Gasteiger charge is 2.30. The maximum absolute atomic E-state index is 12.6. The van der Waals surface area contributed by atoms with Crippen molar-refractivity contribution in [1.82, 2.24) is 4.90 Å². The quantitative estimate of drug-likeness (QED) is 0.862. The van der Waals surface area contributed by atoms with Gasteiger partial charge in [-0.05, 0) is 56.8 Å². The number of hydrogen-bond acceptors (Lipinski definition) is 3. The summed E-state index contributed by atoms with van der Waals surface area (Å²) < 4.78 is 0. The van der Waals surface area contributed by atoms with Gasteiger partial charge in [0.25, 0.3) is 0 Å². The van der Waals surface area contributed by atoms with Crippen LogP contribution in [-0.2, 0) is 0 Å². The number of likely N-dealkylation sites (tertiary alicyclic amines) is 1. The van der Waals surface area contributed by atoms with Gasteiger partial charge >= 0.3 is 0 Å². The molecule has 1 N–H and O–H groups in total. The van der Waals surface area contributed by atoms with E-state index in [-0.39, 0.29) is 17.9 Å². The van der Waals surface area contributed by atoms with Crippen LogP contribution in [0.1, 0.15) is 41.8 Å². The third-order valence-corrected chi connectivity index (χ3v) is 4.67. The number of carbonyl (C=O) groups excluding carboxylic acids is 1. The Bertz CT molecular complexity index is 498. The van der Waals surface area contributed by atoms with Gasteiger partial charge in [0.2, 0.25) is 0 Å². The summed E-state index contributed by atoms with van der Waals surface area (Å²) >= 11 is 0. The number of aliphatic hydroxyl groups is 1. The zero-order chi connectivity index (χ0) is 14.9. The Morgan fingerprint density at radius 2 is 2.05 bits per heavy atom. The van der Waals surface area contributed by atoms with E-state index in [0.29, 0.717) is 12.5 Å². The van der Waals surface area contributed by atoms with Crippen molar-refractivity contribution in [2.75, 3.05) is 13.1 Å². The van der Waals surface area contributed by atoms with Gasteiger partial charge in [0, 0.05) is 12.1 Å². The Labute approximate surface area is 121 Å². The number of rotatable bonds is 3. The number of ketones is 1. The van der Waals surface area contributed by atoms with Gasteiger partial charge in [0.1, 0.15) is 0 Å². The molecule has 3 nitrogen and oxygen atoms in total. The zero-order valence-corrected chi connectivity index (χ0v) is 12.9. The van der Waals surface area contributed by atoms with E-state index in [2.05, 4.69) is 18.7 Å². The molecular formula is C17H25NO2. The van der Waals surface area contributed by atoms with E-state index in [1.807, 2.05) is 32.0 Å². The molecule has 0 saturated carbocycles. The number of nitrogens with zero attached hydrogens (tertiary/aromatic N) is 1. The van der Waals surface area contributed by atoms with Crippen LogP contribution in [0, 0.1) is 19.8 Å². The number of benzene rings is 1. The van der Waals surface area contributed by atoms with Gasteiger partial charge in [-0.15, -0.1) is 0 Å². The maximum Gasteiger partial charge on any atom is 0.179 e. The number of carbonyl (C=O) groups is 1. The molecule has 3 atom stereocenters. The van der Waals surface area contributed by atoms with Crippen molar-refractivity contribution in [1.29, 1.82) is 0 Å². The predicted molar refractivity (Wildman–Crippen MR) is 81.1 cm³/mol. The third-order valence-electron chi connectivity index (χ3n) is 4.67. The van der Waals surface area contributed by atoms with Gasteiger partial charge in [-0.3, -0.25) is 9.69 Å². The van der Waals surface area contributed by atoms with E-state index in [1.54, 1.807) is 0 Å². The lowest BCUT2D eigenvalue weighted by Crippen LogP contribution is -2.49. The Kier molecular flexibility index (Phi) is 4.61. The summed E-state index contributed by atoms with van der Waals surface area (Å²) in [7, 11) is 0. The minimum atomic E-state index is -0.321. The molecule has 110 valence electrons. The maximum atomic E-state index is 12.6. The van der Waals surface area contributed by atoms with Gasteiger partial charge in [-0.2, -0.15) is 0 Å². The summed E-state index contributed by atoms with van der Waals surface area (Å²) in [6, 6.07) is 5.71. The van der Waals surface area contributed by atoms with Crippen LogP contribution in [-0.4, -0.2) is 41.0 Å². The minimum Gasteiger partial charge on any atom is -0.392 e. The summed E-state index contributed by atoms with van der Waals surface area (Å²) in [5.41, 5.74) is 3.13. The molecular weight excluding hydrogens is 250 g/mol. The Morgan fingerprint density at radius 3 is 2.65 bits per heavy atom. The van der Waals surface area contributed by atoms with E-state index in [4.69, 9.17) is 0 Å². The molecule has 0 amide bonds. The third kappa shape index (κ3) is 3.10. The molecule has 2 rings (SSSR count). The van der Waals surface area contributed by atoms with Crippen molar-refractivity contribution < 1.29 is 9.90 Å². The first-order chi connectivity index (χ1) is 9.40. The molecule has 1 heterocycles. The summed E-state index contributed by atoms with van der Waals surface area (Å²) in [6.07, 6.45) is 0.630. The smallest absolute Gasteiger partial charge is 0.179 e. The lowest BCUT2D eigenvalue weighted by molar-refractivity contribution is 0.0146. The second-order valence-electron chi connectivity index (χ2n) is 6.17. The largest absolute Gasteiger partial charge is 0.392 e. The van der Waals surface area contributed by atoms with Crippen molar-refractivity contribution in [2.45, 2.75) is 46.3 Å². The average molecular weight is 275 g/mol. The van der Waals surface area contributed by atoms with Crippen LogP contribution >= 0.6 is 0 Å². The van der Waals surface area contributed by atoms with Crippen LogP contribution in [0.15, 0.2) is 18.2 Å². The Balaban J connectivity index is 2.10. The van der Waals surface area contributed by atoms with Crippen LogP contribution in [0.4, 0.5) is 0 Å². The SMILES string of the molecule is Cc1ccc(C(=O)C(C)N2CCC(C)C(O)C2)cc1C. The monoisotopic (exact) mass is 275 g/mol. The van der Waals surface area contributed by atoms with Gasteiger partial charge in [0.05, 0.1) is 12.1 Å². The highest BCUT2D eigenvalue weighted by Crippen LogP contribution is 2.21. The van der Waals surface area contributed by atoms with Crippen molar-refractivity contribution in [3.05, 3.63) is 34.9 Å². The van der Waals surface area contributed by atoms with Crippen LogP contribution in [0.5, 0.6) is 0 Å². The summed E-state index contributed by atoms with van der Waals surface area (Å²) in [6.45, 7) is 9.57. The molecule has 0 aliphatic carbocycles. The Morgan fingerprint density at radius 1 is 1.35 bits per heavy atom. The highest BCUT2D eigenvalue weighted by atomic mass is 16.3. The number of Topliss-reactive ketones (excluding diaryl/α,β-unsaturated/α-hetero) is 1. The molecule has 1 aliphatic rings. The second kappa shape index (κ2) is 6.06. The van der Waals surface area contributed by atoms with Crippen LogP contribution in [0.25, 0.3) is 0 Å². The highest BCUT2D eigenvalue weighted by molar-refractivity contribution is 6.00. The first kappa shape index (κ1) is 15.2. The van der Waals surface area contributed by atoms with Crippen LogP contribution in [0.3, 0.4) is 0 Å². The van der Waals surface area contributed by atoms with E-state index in [9.17, 15) is 9.90 Å². The van der Waals surface area contributed by atoms with Gasteiger partial charge in [-0.1, -0.05) is 19.1 Å². The predicted octanol–water partition coefficient (Wildman–Crippen LogP) is 2.58. The molecule has 3 unspecified atom stereocenters. The number of aryl methyl sites for hydroxylation is 2. The van der Waals surface area contributed by atoms with E-state index in [0.717, 1.165) is 24.1 Å².